The summed E-state index contributed by atoms with van der Waals surface area (Å²) in [5.41, 5.74) is 0.0850. The van der Waals surface area contributed by atoms with E-state index < -0.39 is 28.6 Å². The SMILES string of the molecule is COc1ccc(C(=O)C2=CC34C=CC25C(CCC2(C)C5CCC2(O)CN(CCc2cccs2)CC(O)COCc2ccccc2)C3(C)CCC(O)C4)cc1. The number of thiophene rings is 1. The van der Waals surface area contributed by atoms with Gasteiger partial charge in [0.05, 0.1) is 38.1 Å². The Labute approximate surface area is 324 Å². The molecular weight excluding hydrogens is 695 g/mol. The standard InChI is InChI=1S/C46H57NO6S/c1-42-19-15-34(48)26-44(42)22-23-46(38(27-44)41(50)33-11-13-36(52-3)14-12-33)39(42)16-20-43(2)40(46)17-21-45(43,51)31-47(24-18-37-10-7-25-54-37)28-35(49)30-53-29-32-8-5-4-6-9-32/h4-14,22-23,25,27,34-35,39-40,48-49,51H,15-21,24,26,28-31H2,1-3H3. The highest BCUT2D eigenvalue weighted by Gasteiger charge is 2.74. The molecule has 1 heterocycles. The van der Waals surface area contributed by atoms with Gasteiger partial charge < -0.3 is 24.8 Å². The van der Waals surface area contributed by atoms with Gasteiger partial charge >= 0.3 is 0 Å². The summed E-state index contributed by atoms with van der Waals surface area (Å²) in [5.74, 6) is 1.04. The lowest BCUT2D eigenvalue weighted by Crippen LogP contribution is -2.67. The van der Waals surface area contributed by atoms with E-state index in [1.807, 2.05) is 54.6 Å². The Morgan fingerprint density at radius 3 is 2.43 bits per heavy atom. The van der Waals surface area contributed by atoms with E-state index in [1.54, 1.807) is 18.4 Å². The van der Waals surface area contributed by atoms with Crippen molar-refractivity contribution in [2.75, 3.05) is 33.4 Å². The summed E-state index contributed by atoms with van der Waals surface area (Å²) in [6.07, 6.45) is 12.3. The average Bonchev–Trinajstić information content (AvgIpc) is 3.79. The van der Waals surface area contributed by atoms with Gasteiger partial charge in [-0.05, 0) is 110 Å². The van der Waals surface area contributed by atoms with Gasteiger partial charge in [-0.1, -0.05) is 68.5 Å². The lowest BCUT2D eigenvalue weighted by Gasteiger charge is -2.71. The Kier molecular flexibility index (Phi) is 10.1. The minimum Gasteiger partial charge on any atom is -0.497 e. The summed E-state index contributed by atoms with van der Waals surface area (Å²) in [6, 6.07) is 21.7. The number of carbonyl (C=O) groups is 1. The molecule has 288 valence electrons. The zero-order valence-electron chi connectivity index (χ0n) is 32.1. The van der Waals surface area contributed by atoms with E-state index in [9.17, 15) is 20.1 Å². The molecule has 6 aliphatic carbocycles. The third-order valence-corrected chi connectivity index (χ3v) is 15.9. The molecule has 2 aromatic carbocycles. The molecule has 0 saturated heterocycles. The van der Waals surface area contributed by atoms with E-state index in [2.05, 4.69) is 54.5 Å². The highest BCUT2D eigenvalue weighted by atomic mass is 32.1. The average molecular weight is 752 g/mol. The van der Waals surface area contributed by atoms with Gasteiger partial charge in [0, 0.05) is 51.9 Å². The fourth-order valence-electron chi connectivity index (χ4n) is 12.1. The molecule has 9 rings (SSSR count). The number of rotatable bonds is 14. The molecule has 2 spiro atoms. The number of allylic oxidation sites excluding steroid dienone is 4. The molecule has 9 atom stereocenters. The second-order valence-electron chi connectivity index (χ2n) is 17.6. The number of ketones is 1. The van der Waals surface area contributed by atoms with Crippen molar-refractivity contribution in [2.45, 2.75) is 89.6 Å². The first-order chi connectivity index (χ1) is 26.0. The minimum atomic E-state index is -1.02. The number of ether oxygens (including phenoxy) is 2. The molecular formula is C46H57NO6S. The highest BCUT2D eigenvalue weighted by molar-refractivity contribution is 7.09. The second-order valence-corrected chi connectivity index (χ2v) is 18.6. The maximum atomic E-state index is 14.9. The maximum absolute atomic E-state index is 14.9. The number of Topliss-reactive ketones (excluding diaryl/α,β-unsaturated/α-hetero) is 1. The number of nitrogens with zero attached hydrogens (tertiary/aromatic N) is 1. The first-order valence-electron chi connectivity index (χ1n) is 20.0. The second kappa shape index (κ2) is 14.4. The summed E-state index contributed by atoms with van der Waals surface area (Å²) >= 11 is 1.74. The number of methoxy groups -OCH3 is 1. The molecule has 54 heavy (non-hydrogen) atoms. The summed E-state index contributed by atoms with van der Waals surface area (Å²) in [4.78, 5) is 18.5. The van der Waals surface area contributed by atoms with Crippen LogP contribution in [0.2, 0.25) is 0 Å². The third kappa shape index (κ3) is 6.16. The lowest BCUT2D eigenvalue weighted by molar-refractivity contribution is -0.177. The number of aliphatic hydroxyl groups excluding tert-OH is 2. The summed E-state index contributed by atoms with van der Waals surface area (Å²) in [7, 11) is 1.64. The molecule has 3 aromatic rings. The van der Waals surface area contributed by atoms with E-state index >= 15 is 0 Å². The Morgan fingerprint density at radius 2 is 1.69 bits per heavy atom. The molecule has 9 unspecified atom stereocenters. The van der Waals surface area contributed by atoms with Crippen molar-refractivity contribution in [3.05, 3.63) is 112 Å². The molecule has 8 heteroatoms. The van der Waals surface area contributed by atoms with E-state index in [0.717, 1.165) is 56.2 Å². The van der Waals surface area contributed by atoms with Gasteiger partial charge in [0.15, 0.2) is 5.78 Å². The molecule has 3 saturated carbocycles. The molecule has 0 amide bonds. The predicted molar refractivity (Wildman–Crippen MR) is 212 cm³/mol. The smallest absolute Gasteiger partial charge is 0.189 e. The van der Waals surface area contributed by atoms with Gasteiger partial charge in [-0.3, -0.25) is 9.69 Å². The van der Waals surface area contributed by atoms with E-state index in [0.29, 0.717) is 43.9 Å². The van der Waals surface area contributed by atoms with Gasteiger partial charge in [0.2, 0.25) is 0 Å². The largest absolute Gasteiger partial charge is 0.497 e. The van der Waals surface area contributed by atoms with Crippen molar-refractivity contribution in [3.8, 4) is 5.75 Å². The number of hydrogen-bond donors (Lipinski definition) is 3. The fourth-order valence-corrected chi connectivity index (χ4v) is 12.8. The van der Waals surface area contributed by atoms with Crippen molar-refractivity contribution in [1.82, 2.24) is 4.90 Å². The van der Waals surface area contributed by atoms with Crippen molar-refractivity contribution < 1.29 is 29.6 Å². The van der Waals surface area contributed by atoms with Crippen molar-refractivity contribution >= 4 is 17.1 Å². The van der Waals surface area contributed by atoms with Crippen LogP contribution in [0.5, 0.6) is 5.75 Å². The van der Waals surface area contributed by atoms with Crippen LogP contribution in [0.3, 0.4) is 0 Å². The van der Waals surface area contributed by atoms with Crippen molar-refractivity contribution in [2.24, 2.45) is 33.5 Å². The van der Waals surface area contributed by atoms with Gasteiger partial charge in [-0.25, -0.2) is 0 Å². The van der Waals surface area contributed by atoms with Crippen LogP contribution in [0.1, 0.15) is 79.6 Å². The highest BCUT2D eigenvalue weighted by Crippen LogP contribution is 2.78. The van der Waals surface area contributed by atoms with E-state index in [-0.39, 0.29) is 35.1 Å². The molecule has 0 radical (unpaired) electrons. The van der Waals surface area contributed by atoms with E-state index in [1.165, 1.54) is 4.88 Å². The number of aliphatic hydroxyl groups is 3. The van der Waals surface area contributed by atoms with Crippen molar-refractivity contribution in [3.63, 3.8) is 0 Å². The Balaban J connectivity index is 1.10. The van der Waals surface area contributed by atoms with Gasteiger partial charge in [-0.2, -0.15) is 0 Å². The Hall–Kier alpha value is -3.11. The van der Waals surface area contributed by atoms with Crippen LogP contribution in [0.25, 0.3) is 0 Å². The number of benzene rings is 2. The Bertz CT molecular complexity index is 1860. The van der Waals surface area contributed by atoms with Crippen LogP contribution in [0.4, 0.5) is 0 Å². The van der Waals surface area contributed by atoms with Crippen LogP contribution in [0, 0.1) is 33.5 Å². The first kappa shape index (κ1) is 37.8. The van der Waals surface area contributed by atoms with Crippen LogP contribution in [-0.4, -0.2) is 77.2 Å². The lowest BCUT2D eigenvalue weighted by atomic mass is 9.32. The van der Waals surface area contributed by atoms with E-state index in [4.69, 9.17) is 9.47 Å². The van der Waals surface area contributed by atoms with Gasteiger partial charge in [0.1, 0.15) is 5.75 Å². The van der Waals surface area contributed by atoms with Crippen molar-refractivity contribution in [1.29, 1.82) is 0 Å². The molecule has 3 fully saturated rings. The zero-order valence-corrected chi connectivity index (χ0v) is 32.9. The zero-order chi connectivity index (χ0) is 37.8. The maximum Gasteiger partial charge on any atom is 0.189 e. The van der Waals surface area contributed by atoms with Gasteiger partial charge in [-0.15, -0.1) is 11.3 Å². The Morgan fingerprint density at radius 1 is 0.944 bits per heavy atom. The molecule has 6 aliphatic rings. The number of hydrogen-bond acceptors (Lipinski definition) is 8. The fraction of sp³-hybridized carbons (Fsp3) is 0.543. The van der Waals surface area contributed by atoms with Gasteiger partial charge in [0.25, 0.3) is 0 Å². The summed E-state index contributed by atoms with van der Waals surface area (Å²) in [6.45, 7) is 6.94. The van der Waals surface area contributed by atoms with Crippen LogP contribution >= 0.6 is 11.3 Å². The molecule has 1 aromatic heterocycles. The summed E-state index contributed by atoms with van der Waals surface area (Å²) < 4.78 is 11.4. The third-order valence-electron chi connectivity index (χ3n) is 14.9. The summed E-state index contributed by atoms with van der Waals surface area (Å²) in [5, 5.41) is 37.6. The topological polar surface area (TPSA) is 99.5 Å². The predicted octanol–water partition coefficient (Wildman–Crippen LogP) is 7.65. The monoisotopic (exact) mass is 751 g/mol. The van der Waals surface area contributed by atoms with Crippen LogP contribution in [-0.2, 0) is 17.8 Å². The molecule has 7 nitrogen and oxygen atoms in total. The molecule has 0 aliphatic heterocycles. The molecule has 3 N–H and O–H groups in total. The quantitative estimate of drug-likeness (QED) is 0.115. The normalized spacial score (nSPS) is 35.6. The first-order valence-corrected chi connectivity index (χ1v) is 20.9. The minimum absolute atomic E-state index is 0.0457. The van der Waals surface area contributed by atoms with Crippen LogP contribution < -0.4 is 4.74 Å². The number of fused-ring (bicyclic) bond motifs is 1. The number of carbonyl (C=O) groups excluding carboxylic acids is 1. The van der Waals surface area contributed by atoms with Crippen LogP contribution in [0.15, 0.2) is 95.9 Å². The molecule has 2 bridgehead atoms.